The maximum Gasteiger partial charge on any atom is 0.225 e. The molecule has 1 amide bonds. The Hall–Kier alpha value is -1.40. The average Bonchev–Trinajstić information content (AvgIpc) is 2.67. The van der Waals surface area contributed by atoms with E-state index < -0.39 is 10.0 Å². The molecule has 1 saturated carbocycles. The lowest BCUT2D eigenvalue weighted by Crippen LogP contribution is -2.46. The number of piperidine rings is 1. The number of sulfonamides is 1. The van der Waals surface area contributed by atoms with E-state index >= 15 is 0 Å². The lowest BCUT2D eigenvalue weighted by molar-refractivity contribution is -0.138. The second kappa shape index (κ2) is 8.09. The van der Waals surface area contributed by atoms with Gasteiger partial charge in [-0.25, -0.2) is 12.7 Å². The normalized spacial score (nSPS) is 25.8. The van der Waals surface area contributed by atoms with E-state index in [0.29, 0.717) is 37.9 Å². The van der Waals surface area contributed by atoms with Crippen molar-refractivity contribution in [1.29, 1.82) is 0 Å². The fourth-order valence-corrected chi connectivity index (χ4v) is 5.30. The molecule has 0 N–H and O–H groups in total. The molecule has 0 unspecified atom stereocenters. The van der Waals surface area contributed by atoms with Crippen LogP contribution < -0.4 is 0 Å². The van der Waals surface area contributed by atoms with E-state index in [1.54, 1.807) is 0 Å². The van der Waals surface area contributed by atoms with E-state index in [2.05, 4.69) is 30.3 Å². The molecule has 5 nitrogen and oxygen atoms in total. The molecule has 0 spiro atoms. The van der Waals surface area contributed by atoms with Crippen LogP contribution in [0.1, 0.15) is 50.0 Å². The second-order valence-electron chi connectivity index (χ2n) is 7.80. The molecule has 1 heterocycles. The molecule has 26 heavy (non-hydrogen) atoms. The van der Waals surface area contributed by atoms with E-state index in [0.717, 1.165) is 25.7 Å². The van der Waals surface area contributed by atoms with Crippen molar-refractivity contribution in [1.82, 2.24) is 9.21 Å². The first-order chi connectivity index (χ1) is 12.4. The minimum Gasteiger partial charge on any atom is -0.343 e. The van der Waals surface area contributed by atoms with Gasteiger partial charge in [-0.15, -0.1) is 0 Å². The molecule has 2 aliphatic rings. The Kier molecular flexibility index (Phi) is 6.03. The molecule has 1 aliphatic carbocycles. The number of benzene rings is 1. The minimum atomic E-state index is -3.14. The quantitative estimate of drug-likeness (QED) is 0.809. The van der Waals surface area contributed by atoms with Gasteiger partial charge in [0.05, 0.1) is 6.26 Å². The highest BCUT2D eigenvalue weighted by molar-refractivity contribution is 7.88. The molecule has 1 aliphatic heterocycles. The molecule has 1 aromatic rings. The van der Waals surface area contributed by atoms with Crippen molar-refractivity contribution >= 4 is 15.9 Å². The summed E-state index contributed by atoms with van der Waals surface area (Å²) in [4.78, 5) is 14.8. The highest BCUT2D eigenvalue weighted by Gasteiger charge is 2.34. The summed E-state index contributed by atoms with van der Waals surface area (Å²) in [7, 11) is -1.21. The van der Waals surface area contributed by atoms with Gasteiger partial charge in [0.25, 0.3) is 0 Å². The van der Waals surface area contributed by atoms with Crippen LogP contribution in [0.15, 0.2) is 30.3 Å². The molecule has 0 radical (unpaired) electrons. The predicted octanol–water partition coefficient (Wildman–Crippen LogP) is 2.84. The molecule has 1 aromatic carbocycles. The van der Waals surface area contributed by atoms with Crippen molar-refractivity contribution in [3.05, 3.63) is 35.9 Å². The summed E-state index contributed by atoms with van der Waals surface area (Å²) in [5, 5.41) is 0. The van der Waals surface area contributed by atoms with Crippen LogP contribution in [0.4, 0.5) is 0 Å². The maximum absolute atomic E-state index is 12.9. The van der Waals surface area contributed by atoms with Crippen LogP contribution in [-0.2, 0) is 14.8 Å². The van der Waals surface area contributed by atoms with Gasteiger partial charge in [0, 0.05) is 32.1 Å². The molecular weight excluding hydrogens is 348 g/mol. The minimum absolute atomic E-state index is 0.0372. The largest absolute Gasteiger partial charge is 0.343 e. The van der Waals surface area contributed by atoms with E-state index in [9.17, 15) is 13.2 Å². The van der Waals surface area contributed by atoms with Gasteiger partial charge in [0.15, 0.2) is 0 Å². The van der Waals surface area contributed by atoms with E-state index in [-0.39, 0.29) is 11.8 Å². The molecule has 1 saturated heterocycles. The summed E-state index contributed by atoms with van der Waals surface area (Å²) in [5.74, 6) is 0.764. The summed E-state index contributed by atoms with van der Waals surface area (Å²) < 4.78 is 24.7. The zero-order valence-corrected chi connectivity index (χ0v) is 16.6. The van der Waals surface area contributed by atoms with Crippen molar-refractivity contribution in [2.45, 2.75) is 50.5 Å². The molecule has 0 bridgehead atoms. The molecule has 2 fully saturated rings. The zero-order valence-electron chi connectivity index (χ0n) is 15.8. The fourth-order valence-electron chi connectivity index (χ4n) is 4.42. The highest BCUT2D eigenvalue weighted by Crippen LogP contribution is 2.35. The smallest absolute Gasteiger partial charge is 0.225 e. The Labute approximate surface area is 157 Å². The number of carbonyl (C=O) groups excluding carboxylic acids is 1. The van der Waals surface area contributed by atoms with Gasteiger partial charge in [-0.05, 0) is 50.0 Å². The third kappa shape index (κ3) is 4.46. The molecule has 0 aromatic heterocycles. The van der Waals surface area contributed by atoms with Gasteiger partial charge in [-0.1, -0.05) is 30.3 Å². The van der Waals surface area contributed by atoms with Crippen molar-refractivity contribution in [3.63, 3.8) is 0 Å². The topological polar surface area (TPSA) is 57.7 Å². The Morgan fingerprint density at radius 1 is 1.00 bits per heavy atom. The summed E-state index contributed by atoms with van der Waals surface area (Å²) in [6.07, 6.45) is 6.85. The zero-order chi connectivity index (χ0) is 18.7. The van der Waals surface area contributed by atoms with Crippen molar-refractivity contribution in [2.75, 3.05) is 26.4 Å². The average molecular weight is 379 g/mol. The molecule has 3 rings (SSSR count). The van der Waals surface area contributed by atoms with Crippen LogP contribution in [0.25, 0.3) is 0 Å². The van der Waals surface area contributed by atoms with Crippen LogP contribution in [0.3, 0.4) is 0 Å². The second-order valence-corrected chi connectivity index (χ2v) is 9.78. The van der Waals surface area contributed by atoms with Gasteiger partial charge >= 0.3 is 0 Å². The Morgan fingerprint density at radius 3 is 2.12 bits per heavy atom. The maximum atomic E-state index is 12.9. The molecule has 0 atom stereocenters. The monoisotopic (exact) mass is 378 g/mol. The predicted molar refractivity (Wildman–Crippen MR) is 103 cm³/mol. The van der Waals surface area contributed by atoms with Crippen molar-refractivity contribution < 1.29 is 13.2 Å². The summed E-state index contributed by atoms with van der Waals surface area (Å²) in [6.45, 7) is 0.924. The fraction of sp³-hybridized carbons (Fsp3) is 0.650. The Morgan fingerprint density at radius 2 is 1.58 bits per heavy atom. The molecule has 6 heteroatoms. The first kappa shape index (κ1) is 19.4. The molecular formula is C20H30N2O3S. The van der Waals surface area contributed by atoms with E-state index in [4.69, 9.17) is 0 Å². The number of hydrogen-bond acceptors (Lipinski definition) is 3. The standard InChI is InChI=1S/C20H30N2O3S/c1-21(20(23)18-12-14-22(15-13-18)26(2,24)25)19-10-8-17(9-11-19)16-6-4-3-5-7-16/h3-7,17-19H,8-15H2,1-2H3. The van der Waals surface area contributed by atoms with Crippen LogP contribution in [-0.4, -0.2) is 56.0 Å². The Bertz CT molecular complexity index is 704. The summed E-state index contributed by atoms with van der Waals surface area (Å²) in [6, 6.07) is 11.0. The van der Waals surface area contributed by atoms with Crippen LogP contribution in [0, 0.1) is 5.92 Å². The third-order valence-corrected chi connectivity index (χ3v) is 7.44. The number of nitrogens with zero attached hydrogens (tertiary/aromatic N) is 2. The van der Waals surface area contributed by atoms with Gasteiger partial charge in [0.1, 0.15) is 0 Å². The number of carbonyl (C=O) groups is 1. The Balaban J connectivity index is 1.51. The lowest BCUT2D eigenvalue weighted by atomic mass is 9.81. The lowest BCUT2D eigenvalue weighted by Gasteiger charge is -2.38. The molecule has 144 valence electrons. The van der Waals surface area contributed by atoms with Gasteiger partial charge in [-0.2, -0.15) is 0 Å². The number of rotatable bonds is 4. The third-order valence-electron chi connectivity index (χ3n) is 6.14. The van der Waals surface area contributed by atoms with Crippen LogP contribution in [0.2, 0.25) is 0 Å². The van der Waals surface area contributed by atoms with E-state index in [1.165, 1.54) is 16.1 Å². The van der Waals surface area contributed by atoms with Crippen LogP contribution in [0.5, 0.6) is 0 Å². The highest BCUT2D eigenvalue weighted by atomic mass is 32.2. The van der Waals surface area contributed by atoms with Crippen LogP contribution >= 0.6 is 0 Å². The van der Waals surface area contributed by atoms with E-state index in [1.807, 2.05) is 11.9 Å². The van der Waals surface area contributed by atoms with Crippen molar-refractivity contribution in [3.8, 4) is 0 Å². The number of hydrogen-bond donors (Lipinski definition) is 0. The summed E-state index contributed by atoms with van der Waals surface area (Å²) in [5.41, 5.74) is 1.41. The first-order valence-electron chi connectivity index (χ1n) is 9.63. The SMILES string of the molecule is CN(C(=O)C1CCN(S(C)(=O)=O)CC1)C1CCC(c2ccccc2)CC1. The number of amides is 1. The van der Waals surface area contributed by atoms with Gasteiger partial charge in [0.2, 0.25) is 15.9 Å². The summed E-state index contributed by atoms with van der Waals surface area (Å²) >= 11 is 0. The van der Waals surface area contributed by atoms with Gasteiger partial charge in [-0.3, -0.25) is 4.79 Å². The van der Waals surface area contributed by atoms with Crippen molar-refractivity contribution in [2.24, 2.45) is 5.92 Å². The van der Waals surface area contributed by atoms with Gasteiger partial charge < -0.3 is 4.90 Å². The first-order valence-corrected chi connectivity index (χ1v) is 11.5.